The molecule has 3 rings (SSSR count). The minimum atomic E-state index is -0.374. The number of benzene rings is 2. The van der Waals surface area contributed by atoms with Gasteiger partial charge in [-0.2, -0.15) is 5.10 Å². The molecule has 1 amide bonds. The van der Waals surface area contributed by atoms with E-state index in [9.17, 15) is 4.79 Å². The molecule has 1 N–H and O–H groups in total. The Labute approximate surface area is 157 Å². The van der Waals surface area contributed by atoms with Crippen molar-refractivity contribution in [2.45, 2.75) is 0 Å². The molecule has 8 heteroatoms. The van der Waals surface area contributed by atoms with Crippen molar-refractivity contribution in [3.63, 3.8) is 0 Å². The van der Waals surface area contributed by atoms with Crippen LogP contribution in [0.4, 0.5) is 5.69 Å². The number of fused-ring (bicyclic) bond motifs is 1. The van der Waals surface area contributed by atoms with Gasteiger partial charge in [0.25, 0.3) is 5.91 Å². The standard InChI is InChI=1S/C19H21N3O5/c1-22(2)14-5-4-6-15(8-14)25-11-19(23)21-20-10-13-7-17-18(27-12-26-17)9-16(13)24-3/h4-10H,11-12H2,1-3H3,(H,21,23)/b20-10-. The van der Waals surface area contributed by atoms with Crippen LogP contribution < -0.4 is 29.3 Å². The molecule has 0 atom stereocenters. The van der Waals surface area contributed by atoms with Gasteiger partial charge in [0.05, 0.1) is 13.3 Å². The Hall–Kier alpha value is -3.42. The molecule has 8 nitrogen and oxygen atoms in total. The number of methoxy groups -OCH3 is 1. The van der Waals surface area contributed by atoms with Gasteiger partial charge < -0.3 is 23.8 Å². The van der Waals surface area contributed by atoms with Crippen molar-refractivity contribution in [2.24, 2.45) is 5.10 Å². The number of anilines is 1. The summed E-state index contributed by atoms with van der Waals surface area (Å²) < 4.78 is 21.4. The van der Waals surface area contributed by atoms with E-state index >= 15 is 0 Å². The number of amides is 1. The topological polar surface area (TPSA) is 81.6 Å². The van der Waals surface area contributed by atoms with Gasteiger partial charge in [0, 0.05) is 37.5 Å². The van der Waals surface area contributed by atoms with Crippen molar-refractivity contribution in [1.29, 1.82) is 0 Å². The van der Waals surface area contributed by atoms with E-state index in [0.29, 0.717) is 28.6 Å². The van der Waals surface area contributed by atoms with E-state index in [2.05, 4.69) is 10.5 Å². The highest BCUT2D eigenvalue weighted by molar-refractivity contribution is 5.86. The molecule has 0 saturated carbocycles. The Morgan fingerprint density at radius 2 is 2.04 bits per heavy atom. The predicted octanol–water partition coefficient (Wildman–Crippen LogP) is 2.02. The Kier molecular flexibility index (Phi) is 5.65. The Balaban J connectivity index is 1.56. The van der Waals surface area contributed by atoms with E-state index in [4.69, 9.17) is 18.9 Å². The van der Waals surface area contributed by atoms with Crippen LogP contribution in [-0.2, 0) is 4.79 Å². The lowest BCUT2D eigenvalue weighted by molar-refractivity contribution is -0.123. The smallest absolute Gasteiger partial charge is 0.277 e. The monoisotopic (exact) mass is 371 g/mol. The number of ether oxygens (including phenoxy) is 4. The van der Waals surface area contributed by atoms with Gasteiger partial charge in [-0.05, 0) is 18.2 Å². The van der Waals surface area contributed by atoms with Gasteiger partial charge in [0.15, 0.2) is 18.1 Å². The number of nitrogens with one attached hydrogen (secondary N) is 1. The first-order valence-corrected chi connectivity index (χ1v) is 8.26. The lowest BCUT2D eigenvalue weighted by Crippen LogP contribution is -2.24. The summed E-state index contributed by atoms with van der Waals surface area (Å²) in [6.45, 7) is 0.0225. The molecular weight excluding hydrogens is 350 g/mol. The summed E-state index contributed by atoms with van der Waals surface area (Å²) >= 11 is 0. The van der Waals surface area contributed by atoms with Crippen LogP contribution >= 0.6 is 0 Å². The van der Waals surface area contributed by atoms with E-state index in [1.54, 1.807) is 25.3 Å². The molecule has 0 aliphatic carbocycles. The third-order valence-electron chi connectivity index (χ3n) is 3.82. The van der Waals surface area contributed by atoms with Crippen LogP contribution in [0.25, 0.3) is 0 Å². The predicted molar refractivity (Wildman–Crippen MR) is 101 cm³/mol. The molecule has 0 aromatic heterocycles. The lowest BCUT2D eigenvalue weighted by atomic mass is 10.2. The third kappa shape index (κ3) is 4.60. The van der Waals surface area contributed by atoms with Crippen molar-refractivity contribution < 1.29 is 23.7 Å². The molecule has 1 heterocycles. The molecule has 2 aromatic carbocycles. The second kappa shape index (κ2) is 8.31. The fraction of sp³-hybridized carbons (Fsp3) is 0.263. The summed E-state index contributed by atoms with van der Waals surface area (Å²) in [5, 5.41) is 3.94. The first-order valence-electron chi connectivity index (χ1n) is 8.26. The average Bonchev–Trinajstić information content (AvgIpc) is 3.13. The van der Waals surface area contributed by atoms with E-state index < -0.39 is 0 Å². The van der Waals surface area contributed by atoms with Crippen molar-refractivity contribution in [3.8, 4) is 23.0 Å². The molecule has 0 spiro atoms. The minimum absolute atomic E-state index is 0.146. The van der Waals surface area contributed by atoms with Crippen molar-refractivity contribution >= 4 is 17.8 Å². The second-order valence-electron chi connectivity index (χ2n) is 5.92. The van der Waals surface area contributed by atoms with Gasteiger partial charge in [0.1, 0.15) is 11.5 Å². The molecule has 1 aliphatic heterocycles. The number of hydrazone groups is 1. The fourth-order valence-corrected chi connectivity index (χ4v) is 2.42. The lowest BCUT2D eigenvalue weighted by Gasteiger charge is -2.13. The SMILES string of the molecule is COc1cc2c(cc1/C=N\NC(=O)COc1cccc(N(C)C)c1)OCO2. The summed E-state index contributed by atoms with van der Waals surface area (Å²) in [6, 6.07) is 10.9. The molecule has 2 aromatic rings. The van der Waals surface area contributed by atoms with E-state index in [0.717, 1.165) is 5.69 Å². The quantitative estimate of drug-likeness (QED) is 0.592. The maximum Gasteiger partial charge on any atom is 0.277 e. The van der Waals surface area contributed by atoms with Crippen molar-refractivity contribution in [3.05, 3.63) is 42.0 Å². The highest BCUT2D eigenvalue weighted by Gasteiger charge is 2.17. The molecule has 142 valence electrons. The summed E-state index contributed by atoms with van der Waals surface area (Å²) in [7, 11) is 5.42. The van der Waals surface area contributed by atoms with Crippen LogP contribution in [0.15, 0.2) is 41.5 Å². The second-order valence-corrected chi connectivity index (χ2v) is 5.92. The van der Waals surface area contributed by atoms with Gasteiger partial charge in [-0.25, -0.2) is 5.43 Å². The Morgan fingerprint density at radius 1 is 1.26 bits per heavy atom. The van der Waals surface area contributed by atoms with Gasteiger partial charge in [-0.3, -0.25) is 4.79 Å². The first-order chi connectivity index (χ1) is 13.1. The maximum atomic E-state index is 11.9. The van der Waals surface area contributed by atoms with Crippen LogP contribution in [0.5, 0.6) is 23.0 Å². The number of hydrogen-bond acceptors (Lipinski definition) is 7. The first kappa shape index (κ1) is 18.4. The molecule has 27 heavy (non-hydrogen) atoms. The Bertz CT molecular complexity index is 851. The highest BCUT2D eigenvalue weighted by Crippen LogP contribution is 2.37. The summed E-state index contributed by atoms with van der Waals surface area (Å²) in [5.41, 5.74) is 4.07. The highest BCUT2D eigenvalue weighted by atomic mass is 16.7. The molecule has 0 bridgehead atoms. The minimum Gasteiger partial charge on any atom is -0.496 e. The average molecular weight is 371 g/mol. The molecule has 0 saturated heterocycles. The third-order valence-corrected chi connectivity index (χ3v) is 3.82. The van der Waals surface area contributed by atoms with Crippen molar-refractivity contribution in [2.75, 3.05) is 39.5 Å². The number of carbonyl (C=O) groups is 1. The molecular formula is C19H21N3O5. The fourth-order valence-electron chi connectivity index (χ4n) is 2.42. The van der Waals surface area contributed by atoms with Gasteiger partial charge in [-0.15, -0.1) is 0 Å². The van der Waals surface area contributed by atoms with Crippen LogP contribution in [0, 0.1) is 0 Å². The van der Waals surface area contributed by atoms with E-state index in [-0.39, 0.29) is 19.3 Å². The van der Waals surface area contributed by atoms with Gasteiger partial charge >= 0.3 is 0 Å². The van der Waals surface area contributed by atoms with Crippen LogP contribution in [0.1, 0.15) is 5.56 Å². The number of hydrogen-bond donors (Lipinski definition) is 1. The molecule has 1 aliphatic rings. The maximum absolute atomic E-state index is 11.9. The number of nitrogens with zero attached hydrogens (tertiary/aromatic N) is 2. The summed E-state index contributed by atoms with van der Waals surface area (Å²) in [6.07, 6.45) is 1.48. The number of rotatable bonds is 7. The zero-order chi connectivity index (χ0) is 19.2. The van der Waals surface area contributed by atoms with E-state index in [1.807, 2.05) is 37.2 Å². The van der Waals surface area contributed by atoms with E-state index in [1.165, 1.54) is 6.21 Å². The summed E-state index contributed by atoms with van der Waals surface area (Å²) in [5.74, 6) is 2.02. The zero-order valence-corrected chi connectivity index (χ0v) is 15.4. The molecule has 0 fully saturated rings. The van der Waals surface area contributed by atoms with Crippen LogP contribution in [0.3, 0.4) is 0 Å². The van der Waals surface area contributed by atoms with Gasteiger partial charge in [0.2, 0.25) is 6.79 Å². The van der Waals surface area contributed by atoms with Gasteiger partial charge in [-0.1, -0.05) is 6.07 Å². The summed E-state index contributed by atoms with van der Waals surface area (Å²) in [4.78, 5) is 13.9. The normalized spacial score (nSPS) is 12.1. The Morgan fingerprint density at radius 3 is 2.78 bits per heavy atom. The van der Waals surface area contributed by atoms with Crippen molar-refractivity contribution in [1.82, 2.24) is 5.43 Å². The largest absolute Gasteiger partial charge is 0.496 e. The van der Waals surface area contributed by atoms with Crippen LogP contribution in [-0.4, -0.2) is 46.7 Å². The van der Waals surface area contributed by atoms with Crippen LogP contribution in [0.2, 0.25) is 0 Å². The zero-order valence-electron chi connectivity index (χ0n) is 15.4. The number of carbonyl (C=O) groups excluding carboxylic acids is 1. The molecule has 0 radical (unpaired) electrons. The molecule has 0 unspecified atom stereocenters.